The molecule has 0 spiro atoms. The third kappa shape index (κ3) is 5.47. The predicted molar refractivity (Wildman–Crippen MR) is 74.3 cm³/mol. The molecule has 1 aliphatic rings. The molecule has 1 aromatic rings. The molecule has 0 atom stereocenters. The molecule has 0 unspecified atom stereocenters. The fourth-order valence-corrected chi connectivity index (χ4v) is 2.45. The topological polar surface area (TPSA) is 23.6 Å². The van der Waals surface area contributed by atoms with E-state index in [0.29, 0.717) is 44.7 Å². The lowest BCUT2D eigenvalue weighted by Gasteiger charge is -2.34. The van der Waals surface area contributed by atoms with Crippen molar-refractivity contribution in [2.24, 2.45) is 0 Å². The molecule has 0 N–H and O–H groups in total. The van der Waals surface area contributed by atoms with Gasteiger partial charge in [-0.15, -0.1) is 0 Å². The number of carbonyl (C=O) groups excluding carboxylic acids is 1. The fraction of sp³-hybridized carbons (Fsp3) is 0.533. The number of hydrogen-bond acceptors (Lipinski definition) is 3. The first kappa shape index (κ1) is 16.0. The minimum absolute atomic E-state index is 0.0771. The van der Waals surface area contributed by atoms with Gasteiger partial charge in [-0.3, -0.25) is 9.69 Å². The van der Waals surface area contributed by atoms with Crippen molar-refractivity contribution in [3.63, 3.8) is 0 Å². The van der Waals surface area contributed by atoms with Crippen LogP contribution >= 0.6 is 0 Å². The number of carbonyl (C=O) groups is 1. The second-order valence-corrected chi connectivity index (χ2v) is 5.27. The van der Waals surface area contributed by atoms with Gasteiger partial charge in [0.1, 0.15) is 0 Å². The van der Waals surface area contributed by atoms with Gasteiger partial charge < -0.3 is 4.90 Å². The second kappa shape index (κ2) is 7.04. The number of alkyl halides is 3. The zero-order chi connectivity index (χ0) is 15.3. The second-order valence-electron chi connectivity index (χ2n) is 5.27. The summed E-state index contributed by atoms with van der Waals surface area (Å²) in [5, 5.41) is 0. The van der Waals surface area contributed by atoms with Crippen LogP contribution in [0, 0.1) is 0 Å². The van der Waals surface area contributed by atoms with Gasteiger partial charge in [-0.05, 0) is 0 Å². The molecule has 0 amide bonds. The highest BCUT2D eigenvalue weighted by atomic mass is 19.4. The number of halogens is 3. The minimum atomic E-state index is -4.13. The Bertz CT molecular complexity index is 454. The van der Waals surface area contributed by atoms with E-state index in [1.54, 1.807) is 12.1 Å². The highest BCUT2D eigenvalue weighted by Gasteiger charge is 2.32. The first-order chi connectivity index (χ1) is 9.94. The Balaban J connectivity index is 1.71. The number of hydrogen-bond donors (Lipinski definition) is 0. The van der Waals surface area contributed by atoms with E-state index >= 15 is 0 Å². The van der Waals surface area contributed by atoms with Crippen molar-refractivity contribution < 1.29 is 18.0 Å². The van der Waals surface area contributed by atoms with Gasteiger partial charge in [0.2, 0.25) is 0 Å². The molecule has 1 aromatic carbocycles. The smallest absolute Gasteiger partial charge is 0.300 e. The Hall–Kier alpha value is -1.40. The Kier molecular flexibility index (Phi) is 5.36. The molecule has 0 aliphatic carbocycles. The summed E-state index contributed by atoms with van der Waals surface area (Å²) < 4.78 is 36.8. The third-order valence-electron chi connectivity index (χ3n) is 3.62. The number of rotatable bonds is 5. The lowest BCUT2D eigenvalue weighted by molar-refractivity contribution is -0.149. The van der Waals surface area contributed by atoms with E-state index in [1.807, 2.05) is 23.1 Å². The Morgan fingerprint density at radius 3 is 2.14 bits per heavy atom. The zero-order valence-corrected chi connectivity index (χ0v) is 11.8. The van der Waals surface area contributed by atoms with Crippen molar-refractivity contribution >= 4 is 5.78 Å². The maximum absolute atomic E-state index is 12.3. The molecule has 2 rings (SSSR count). The summed E-state index contributed by atoms with van der Waals surface area (Å²) in [4.78, 5) is 15.4. The lowest BCUT2D eigenvalue weighted by atomic mass is 10.1. The van der Waals surface area contributed by atoms with Gasteiger partial charge in [-0.1, -0.05) is 30.3 Å². The Morgan fingerprint density at radius 1 is 1.00 bits per heavy atom. The molecule has 0 radical (unpaired) electrons. The minimum Gasteiger partial charge on any atom is -0.300 e. The van der Waals surface area contributed by atoms with Gasteiger partial charge in [0.15, 0.2) is 5.78 Å². The van der Waals surface area contributed by atoms with Crippen molar-refractivity contribution in [3.8, 4) is 0 Å². The normalized spacial score (nSPS) is 17.9. The van der Waals surface area contributed by atoms with Crippen LogP contribution in [0.4, 0.5) is 13.2 Å². The van der Waals surface area contributed by atoms with Gasteiger partial charge in [-0.2, -0.15) is 13.2 Å². The summed E-state index contributed by atoms with van der Waals surface area (Å²) in [6, 6.07) is 9.07. The van der Waals surface area contributed by atoms with Crippen LogP contribution in [0.3, 0.4) is 0 Å². The van der Waals surface area contributed by atoms with E-state index in [2.05, 4.69) is 0 Å². The molecule has 21 heavy (non-hydrogen) atoms. The van der Waals surface area contributed by atoms with Crippen LogP contribution in [0.5, 0.6) is 0 Å². The molecule has 1 fully saturated rings. The first-order valence-electron chi connectivity index (χ1n) is 7.04. The molecule has 1 saturated heterocycles. The quantitative estimate of drug-likeness (QED) is 0.780. The van der Waals surface area contributed by atoms with Crippen LogP contribution in [0.15, 0.2) is 30.3 Å². The molecule has 0 aromatic heterocycles. The number of ketones is 1. The van der Waals surface area contributed by atoms with Gasteiger partial charge >= 0.3 is 6.18 Å². The van der Waals surface area contributed by atoms with Crippen LogP contribution < -0.4 is 0 Å². The van der Waals surface area contributed by atoms with Gasteiger partial charge in [0.05, 0.1) is 6.54 Å². The monoisotopic (exact) mass is 300 g/mol. The van der Waals surface area contributed by atoms with E-state index in [9.17, 15) is 18.0 Å². The number of Topliss-reactive ketones (excluding diaryl/α,β-unsaturated/α-hetero) is 1. The van der Waals surface area contributed by atoms with E-state index in [-0.39, 0.29) is 5.78 Å². The lowest BCUT2D eigenvalue weighted by Crippen LogP contribution is -2.49. The molecular weight excluding hydrogens is 281 g/mol. The van der Waals surface area contributed by atoms with Crippen molar-refractivity contribution in [1.29, 1.82) is 0 Å². The summed E-state index contributed by atoms with van der Waals surface area (Å²) in [6.07, 6.45) is -3.73. The summed E-state index contributed by atoms with van der Waals surface area (Å²) in [7, 11) is 0. The average Bonchev–Trinajstić information content (AvgIpc) is 2.45. The highest BCUT2D eigenvalue weighted by molar-refractivity contribution is 5.96. The molecule has 1 heterocycles. The van der Waals surface area contributed by atoms with E-state index < -0.39 is 12.7 Å². The Morgan fingerprint density at radius 2 is 1.57 bits per heavy atom. The van der Waals surface area contributed by atoms with E-state index in [4.69, 9.17) is 0 Å². The number of benzene rings is 1. The molecule has 6 heteroatoms. The van der Waals surface area contributed by atoms with Gasteiger partial charge in [0, 0.05) is 44.7 Å². The molecule has 0 bridgehead atoms. The largest absolute Gasteiger partial charge is 0.401 e. The van der Waals surface area contributed by atoms with Crippen LogP contribution in [0.1, 0.15) is 16.8 Å². The van der Waals surface area contributed by atoms with E-state index in [0.717, 1.165) is 0 Å². The van der Waals surface area contributed by atoms with Crippen molar-refractivity contribution in [3.05, 3.63) is 35.9 Å². The number of nitrogens with zero attached hydrogens (tertiary/aromatic N) is 2. The van der Waals surface area contributed by atoms with Gasteiger partial charge in [0.25, 0.3) is 0 Å². The van der Waals surface area contributed by atoms with Gasteiger partial charge in [-0.25, -0.2) is 0 Å². The summed E-state index contributed by atoms with van der Waals surface area (Å²) in [5.74, 6) is 0.0771. The first-order valence-corrected chi connectivity index (χ1v) is 7.04. The maximum atomic E-state index is 12.3. The van der Waals surface area contributed by atoms with E-state index in [1.165, 1.54) is 4.90 Å². The van der Waals surface area contributed by atoms with Crippen LogP contribution in [-0.4, -0.2) is 61.0 Å². The van der Waals surface area contributed by atoms with Crippen molar-refractivity contribution in [2.45, 2.75) is 12.6 Å². The SMILES string of the molecule is O=C(CCN1CCN(CC(F)(F)F)CC1)c1ccccc1. The third-order valence-corrected chi connectivity index (χ3v) is 3.62. The predicted octanol–water partition coefficient (Wildman–Crippen LogP) is 2.44. The van der Waals surface area contributed by atoms with Crippen LogP contribution in [-0.2, 0) is 0 Å². The van der Waals surface area contributed by atoms with Crippen molar-refractivity contribution in [1.82, 2.24) is 9.80 Å². The standard InChI is InChI=1S/C15H19F3N2O/c16-15(17,18)12-20-10-8-19(9-11-20)7-6-14(21)13-4-2-1-3-5-13/h1-5H,6-12H2. The summed E-state index contributed by atoms with van der Waals surface area (Å²) in [6.45, 7) is 1.73. The molecule has 1 aliphatic heterocycles. The maximum Gasteiger partial charge on any atom is 0.401 e. The molecular formula is C15H19F3N2O. The van der Waals surface area contributed by atoms with Crippen LogP contribution in [0.2, 0.25) is 0 Å². The Labute approximate surface area is 122 Å². The fourth-order valence-electron chi connectivity index (χ4n) is 2.45. The van der Waals surface area contributed by atoms with Crippen LogP contribution in [0.25, 0.3) is 0 Å². The zero-order valence-electron chi connectivity index (χ0n) is 11.8. The summed E-state index contributed by atoms with van der Waals surface area (Å²) in [5.41, 5.74) is 0.688. The molecule has 116 valence electrons. The summed E-state index contributed by atoms with van der Waals surface area (Å²) >= 11 is 0. The van der Waals surface area contributed by atoms with Crippen molar-refractivity contribution in [2.75, 3.05) is 39.3 Å². The molecule has 3 nitrogen and oxygen atoms in total. The molecule has 0 saturated carbocycles. The highest BCUT2D eigenvalue weighted by Crippen LogP contribution is 2.17. The number of piperazine rings is 1. The average molecular weight is 300 g/mol.